The summed E-state index contributed by atoms with van der Waals surface area (Å²) in [7, 11) is 2.06. The minimum absolute atomic E-state index is 0.300. The fourth-order valence-electron chi connectivity index (χ4n) is 2.44. The van der Waals surface area contributed by atoms with Gasteiger partial charge in [-0.05, 0) is 45.0 Å². The standard InChI is InChI=1S/C17H25N5/c1-12-6-8-19-16(9-12)10-13(2)22(4)17-11-15(5-7-18)20-14(3)21-17/h6,8-9,11,13H,5,7,10,18H2,1-4H3/t13-/m1/s1. The number of aryl methyl sites for hydroxylation is 2. The topological polar surface area (TPSA) is 67.9 Å². The second kappa shape index (κ2) is 7.31. The number of likely N-dealkylation sites (N-methyl/N-ethyl adjacent to an activating group) is 1. The first-order valence-electron chi connectivity index (χ1n) is 7.68. The summed E-state index contributed by atoms with van der Waals surface area (Å²) < 4.78 is 0. The van der Waals surface area contributed by atoms with Crippen LogP contribution in [-0.4, -0.2) is 34.6 Å². The lowest BCUT2D eigenvalue weighted by Crippen LogP contribution is -2.32. The average Bonchev–Trinajstić information content (AvgIpc) is 2.46. The predicted molar refractivity (Wildman–Crippen MR) is 90.1 cm³/mol. The molecule has 2 heterocycles. The van der Waals surface area contributed by atoms with Crippen LogP contribution in [0.2, 0.25) is 0 Å². The third-order valence-electron chi connectivity index (χ3n) is 3.78. The molecule has 0 aliphatic carbocycles. The molecular formula is C17H25N5. The Morgan fingerprint density at radius 3 is 2.64 bits per heavy atom. The van der Waals surface area contributed by atoms with Gasteiger partial charge in [0, 0.05) is 49.6 Å². The SMILES string of the molecule is Cc1ccnc(C[C@@H](C)N(C)c2cc(CCN)nc(C)n2)c1. The number of aromatic nitrogens is 3. The quantitative estimate of drug-likeness (QED) is 0.884. The van der Waals surface area contributed by atoms with E-state index in [9.17, 15) is 0 Å². The molecule has 0 aliphatic rings. The van der Waals surface area contributed by atoms with E-state index in [0.29, 0.717) is 12.6 Å². The Labute approximate surface area is 132 Å². The first-order valence-corrected chi connectivity index (χ1v) is 7.68. The van der Waals surface area contributed by atoms with Gasteiger partial charge in [0.05, 0.1) is 0 Å². The molecule has 0 unspecified atom stereocenters. The first-order chi connectivity index (χ1) is 10.5. The Hall–Kier alpha value is -2.01. The Bertz CT molecular complexity index is 626. The van der Waals surface area contributed by atoms with E-state index in [-0.39, 0.29) is 0 Å². The molecule has 5 nitrogen and oxygen atoms in total. The van der Waals surface area contributed by atoms with Crippen LogP contribution in [-0.2, 0) is 12.8 Å². The van der Waals surface area contributed by atoms with Gasteiger partial charge in [-0.15, -0.1) is 0 Å². The van der Waals surface area contributed by atoms with E-state index in [2.05, 4.69) is 46.8 Å². The van der Waals surface area contributed by atoms with E-state index in [1.807, 2.05) is 25.3 Å². The molecule has 22 heavy (non-hydrogen) atoms. The summed E-state index contributed by atoms with van der Waals surface area (Å²) in [6, 6.07) is 6.48. The number of hydrogen-bond donors (Lipinski definition) is 1. The van der Waals surface area contributed by atoms with E-state index in [4.69, 9.17) is 5.73 Å². The van der Waals surface area contributed by atoms with Crippen molar-refractivity contribution in [1.29, 1.82) is 0 Å². The number of nitrogens with two attached hydrogens (primary N) is 1. The predicted octanol–water partition coefficient (Wildman–Crippen LogP) is 2.06. The number of nitrogens with zero attached hydrogens (tertiary/aromatic N) is 4. The van der Waals surface area contributed by atoms with Crippen molar-refractivity contribution < 1.29 is 0 Å². The molecule has 118 valence electrons. The second-order valence-electron chi connectivity index (χ2n) is 5.79. The lowest BCUT2D eigenvalue weighted by atomic mass is 10.1. The summed E-state index contributed by atoms with van der Waals surface area (Å²) in [5.41, 5.74) is 8.97. The lowest BCUT2D eigenvalue weighted by Gasteiger charge is -2.26. The largest absolute Gasteiger partial charge is 0.356 e. The van der Waals surface area contributed by atoms with Crippen LogP contribution < -0.4 is 10.6 Å². The van der Waals surface area contributed by atoms with Crippen molar-refractivity contribution in [2.45, 2.75) is 39.7 Å². The van der Waals surface area contributed by atoms with Crippen molar-refractivity contribution in [3.8, 4) is 0 Å². The highest BCUT2D eigenvalue weighted by atomic mass is 15.2. The summed E-state index contributed by atoms with van der Waals surface area (Å²) in [5.74, 6) is 1.73. The first kappa shape index (κ1) is 16.4. The Morgan fingerprint density at radius 2 is 1.95 bits per heavy atom. The summed E-state index contributed by atoms with van der Waals surface area (Å²) in [5, 5.41) is 0. The molecule has 0 spiro atoms. The van der Waals surface area contributed by atoms with Crippen molar-refractivity contribution in [3.63, 3.8) is 0 Å². The van der Waals surface area contributed by atoms with Crippen molar-refractivity contribution in [3.05, 3.63) is 47.2 Å². The molecule has 0 amide bonds. The van der Waals surface area contributed by atoms with E-state index in [1.165, 1.54) is 5.56 Å². The van der Waals surface area contributed by atoms with E-state index in [0.717, 1.165) is 35.9 Å². The molecule has 0 saturated carbocycles. The van der Waals surface area contributed by atoms with Crippen LogP contribution in [0.3, 0.4) is 0 Å². The molecular weight excluding hydrogens is 274 g/mol. The van der Waals surface area contributed by atoms with Gasteiger partial charge in [-0.2, -0.15) is 0 Å². The second-order valence-corrected chi connectivity index (χ2v) is 5.79. The normalized spacial score (nSPS) is 12.2. The molecule has 1 atom stereocenters. The molecule has 0 aliphatic heterocycles. The Balaban J connectivity index is 2.14. The van der Waals surface area contributed by atoms with Gasteiger partial charge in [-0.1, -0.05) is 0 Å². The van der Waals surface area contributed by atoms with E-state index in [1.54, 1.807) is 0 Å². The maximum Gasteiger partial charge on any atom is 0.132 e. The van der Waals surface area contributed by atoms with Crippen molar-refractivity contribution in [2.75, 3.05) is 18.5 Å². The maximum atomic E-state index is 5.63. The van der Waals surface area contributed by atoms with Crippen LogP contribution in [0.5, 0.6) is 0 Å². The molecule has 2 rings (SSSR count). The summed E-state index contributed by atoms with van der Waals surface area (Å²) in [6.45, 7) is 6.79. The average molecular weight is 299 g/mol. The zero-order valence-electron chi connectivity index (χ0n) is 13.9. The van der Waals surface area contributed by atoms with Crippen LogP contribution in [0.4, 0.5) is 5.82 Å². The van der Waals surface area contributed by atoms with Crippen LogP contribution in [0.15, 0.2) is 24.4 Å². The molecule has 0 radical (unpaired) electrons. The van der Waals surface area contributed by atoms with Gasteiger partial charge in [0.15, 0.2) is 0 Å². The summed E-state index contributed by atoms with van der Waals surface area (Å²) >= 11 is 0. The number of rotatable bonds is 6. The fourth-order valence-corrected chi connectivity index (χ4v) is 2.44. The van der Waals surface area contributed by atoms with Crippen molar-refractivity contribution in [1.82, 2.24) is 15.0 Å². The molecule has 0 fully saturated rings. The van der Waals surface area contributed by atoms with Crippen molar-refractivity contribution >= 4 is 5.82 Å². The highest BCUT2D eigenvalue weighted by Crippen LogP contribution is 2.16. The third kappa shape index (κ3) is 4.24. The number of pyridine rings is 1. The van der Waals surface area contributed by atoms with Crippen LogP contribution in [0, 0.1) is 13.8 Å². The number of hydrogen-bond acceptors (Lipinski definition) is 5. The summed E-state index contributed by atoms with van der Waals surface area (Å²) in [4.78, 5) is 15.6. The molecule has 0 bridgehead atoms. The van der Waals surface area contributed by atoms with Gasteiger partial charge in [0.2, 0.25) is 0 Å². The van der Waals surface area contributed by atoms with E-state index >= 15 is 0 Å². The maximum absolute atomic E-state index is 5.63. The molecule has 2 aromatic heterocycles. The zero-order valence-corrected chi connectivity index (χ0v) is 13.9. The van der Waals surface area contributed by atoms with Gasteiger partial charge in [0.25, 0.3) is 0 Å². The van der Waals surface area contributed by atoms with E-state index < -0.39 is 0 Å². The van der Waals surface area contributed by atoms with Gasteiger partial charge in [0.1, 0.15) is 11.6 Å². The summed E-state index contributed by atoms with van der Waals surface area (Å²) in [6.07, 6.45) is 3.52. The van der Waals surface area contributed by atoms with Crippen LogP contribution in [0.1, 0.15) is 29.7 Å². The van der Waals surface area contributed by atoms with Crippen LogP contribution >= 0.6 is 0 Å². The monoisotopic (exact) mass is 299 g/mol. The highest BCUT2D eigenvalue weighted by Gasteiger charge is 2.14. The lowest BCUT2D eigenvalue weighted by molar-refractivity contribution is 0.660. The number of anilines is 1. The Morgan fingerprint density at radius 1 is 1.18 bits per heavy atom. The molecule has 5 heteroatoms. The van der Waals surface area contributed by atoms with Gasteiger partial charge < -0.3 is 10.6 Å². The van der Waals surface area contributed by atoms with Crippen molar-refractivity contribution in [2.24, 2.45) is 5.73 Å². The minimum Gasteiger partial charge on any atom is -0.356 e. The smallest absolute Gasteiger partial charge is 0.132 e. The Kier molecular flexibility index (Phi) is 5.44. The minimum atomic E-state index is 0.300. The fraction of sp³-hybridized carbons (Fsp3) is 0.471. The van der Waals surface area contributed by atoms with Gasteiger partial charge in [-0.3, -0.25) is 4.98 Å². The third-order valence-corrected chi connectivity index (χ3v) is 3.78. The van der Waals surface area contributed by atoms with Gasteiger partial charge in [-0.25, -0.2) is 9.97 Å². The molecule has 0 aromatic carbocycles. The molecule has 2 N–H and O–H groups in total. The van der Waals surface area contributed by atoms with Crippen LogP contribution in [0.25, 0.3) is 0 Å². The van der Waals surface area contributed by atoms with Gasteiger partial charge >= 0.3 is 0 Å². The molecule has 2 aromatic rings. The molecule has 0 saturated heterocycles. The zero-order chi connectivity index (χ0) is 16.1. The highest BCUT2D eigenvalue weighted by molar-refractivity contribution is 5.40.